The van der Waals surface area contributed by atoms with Crippen molar-refractivity contribution in [1.29, 1.82) is 0 Å². The number of primary amides is 1. The number of hydrogen-bond acceptors (Lipinski definition) is 3. The lowest BCUT2D eigenvalue weighted by Gasteiger charge is -2.14. The zero-order valence-corrected chi connectivity index (χ0v) is 11.6. The smallest absolute Gasteiger partial charge is 0.253 e. The summed E-state index contributed by atoms with van der Waals surface area (Å²) in [5, 5.41) is 3.50. The third-order valence-electron chi connectivity index (χ3n) is 3.16. The maximum atomic E-state index is 12.2. The fourth-order valence-corrected chi connectivity index (χ4v) is 2.01. The molecule has 0 aliphatic carbocycles. The number of nitrogens with zero attached hydrogens (tertiary/aromatic N) is 1. The monoisotopic (exact) mass is 283 g/mol. The lowest BCUT2D eigenvalue weighted by atomic mass is 10.1. The molecule has 21 heavy (non-hydrogen) atoms. The normalized spacial score (nSPS) is 11.8. The number of amides is 2. The Morgan fingerprint density at radius 3 is 2.86 bits per heavy atom. The van der Waals surface area contributed by atoms with Crippen LogP contribution in [0.4, 0.5) is 0 Å². The Morgan fingerprint density at radius 2 is 2.14 bits per heavy atom. The SMILES string of the molecule is C=CCC[C@@H](NC(=O)c1cnc2ccccc2c1)C(N)=O. The third-order valence-corrected chi connectivity index (χ3v) is 3.16. The first kappa shape index (κ1) is 14.7. The predicted molar refractivity (Wildman–Crippen MR) is 81.6 cm³/mol. The quantitative estimate of drug-likeness (QED) is 0.792. The van der Waals surface area contributed by atoms with Crippen molar-refractivity contribution in [3.63, 3.8) is 0 Å². The number of hydrogen-bond donors (Lipinski definition) is 2. The molecule has 1 heterocycles. The third kappa shape index (κ3) is 3.66. The largest absolute Gasteiger partial charge is 0.368 e. The van der Waals surface area contributed by atoms with Crippen molar-refractivity contribution in [3.05, 3.63) is 54.7 Å². The second-order valence-corrected chi connectivity index (χ2v) is 4.71. The summed E-state index contributed by atoms with van der Waals surface area (Å²) in [6, 6.07) is 8.54. The van der Waals surface area contributed by atoms with Gasteiger partial charge in [0, 0.05) is 11.6 Å². The molecule has 3 N–H and O–H groups in total. The van der Waals surface area contributed by atoms with Gasteiger partial charge in [-0.2, -0.15) is 0 Å². The van der Waals surface area contributed by atoms with Crippen LogP contribution < -0.4 is 11.1 Å². The molecule has 0 radical (unpaired) electrons. The number of nitrogens with one attached hydrogen (secondary N) is 1. The second-order valence-electron chi connectivity index (χ2n) is 4.71. The highest BCUT2D eigenvalue weighted by molar-refractivity contribution is 5.99. The Balaban J connectivity index is 2.16. The van der Waals surface area contributed by atoms with Crippen molar-refractivity contribution in [2.75, 3.05) is 0 Å². The van der Waals surface area contributed by atoms with Crippen LogP contribution in [-0.4, -0.2) is 22.8 Å². The maximum Gasteiger partial charge on any atom is 0.253 e. The Kier molecular flexibility index (Phi) is 4.66. The topological polar surface area (TPSA) is 85.1 Å². The van der Waals surface area contributed by atoms with Gasteiger partial charge in [0.1, 0.15) is 6.04 Å². The first-order chi connectivity index (χ1) is 10.1. The van der Waals surface area contributed by atoms with Gasteiger partial charge in [-0.05, 0) is 25.0 Å². The van der Waals surface area contributed by atoms with Crippen molar-refractivity contribution in [3.8, 4) is 0 Å². The van der Waals surface area contributed by atoms with Crippen molar-refractivity contribution in [1.82, 2.24) is 10.3 Å². The highest BCUT2D eigenvalue weighted by Crippen LogP contribution is 2.13. The van der Waals surface area contributed by atoms with E-state index in [9.17, 15) is 9.59 Å². The van der Waals surface area contributed by atoms with Gasteiger partial charge in [-0.1, -0.05) is 24.3 Å². The molecule has 1 aromatic heterocycles. The standard InChI is InChI=1S/C16H17N3O2/c1-2-3-7-14(15(17)20)19-16(21)12-9-11-6-4-5-8-13(11)18-10-12/h2,4-6,8-10,14H,1,3,7H2,(H2,17,20)(H,19,21)/t14-/m1/s1. The van der Waals surface area contributed by atoms with Gasteiger partial charge < -0.3 is 11.1 Å². The molecule has 0 fully saturated rings. The highest BCUT2D eigenvalue weighted by atomic mass is 16.2. The van der Waals surface area contributed by atoms with Crippen LogP contribution in [0, 0.1) is 0 Å². The van der Waals surface area contributed by atoms with Crippen LogP contribution in [0.3, 0.4) is 0 Å². The second kappa shape index (κ2) is 6.65. The number of carbonyl (C=O) groups is 2. The molecule has 0 aliphatic heterocycles. The van der Waals surface area contributed by atoms with E-state index in [4.69, 9.17) is 5.73 Å². The number of fused-ring (bicyclic) bond motifs is 1. The number of allylic oxidation sites excluding steroid dienone is 1. The first-order valence-electron chi connectivity index (χ1n) is 6.67. The zero-order chi connectivity index (χ0) is 15.2. The summed E-state index contributed by atoms with van der Waals surface area (Å²) < 4.78 is 0. The summed E-state index contributed by atoms with van der Waals surface area (Å²) in [4.78, 5) is 27.7. The number of nitrogens with two attached hydrogens (primary N) is 1. The van der Waals surface area contributed by atoms with Crippen LogP contribution >= 0.6 is 0 Å². The molecule has 1 aromatic carbocycles. The molecule has 0 unspecified atom stereocenters. The van der Waals surface area contributed by atoms with Gasteiger partial charge in [0.15, 0.2) is 0 Å². The number of rotatable bonds is 6. The fourth-order valence-electron chi connectivity index (χ4n) is 2.01. The Hall–Kier alpha value is -2.69. The lowest BCUT2D eigenvalue weighted by Crippen LogP contribution is -2.44. The highest BCUT2D eigenvalue weighted by Gasteiger charge is 2.18. The van der Waals surface area contributed by atoms with Gasteiger partial charge in [-0.15, -0.1) is 6.58 Å². The van der Waals surface area contributed by atoms with E-state index in [0.29, 0.717) is 18.4 Å². The average Bonchev–Trinajstić information content (AvgIpc) is 2.50. The van der Waals surface area contributed by atoms with E-state index < -0.39 is 11.9 Å². The summed E-state index contributed by atoms with van der Waals surface area (Å²) in [7, 11) is 0. The van der Waals surface area contributed by atoms with Crippen LogP contribution in [0.5, 0.6) is 0 Å². The van der Waals surface area contributed by atoms with Crippen LogP contribution in [0.1, 0.15) is 23.2 Å². The molecule has 1 atom stereocenters. The van der Waals surface area contributed by atoms with E-state index in [1.807, 2.05) is 24.3 Å². The summed E-state index contributed by atoms with van der Waals surface area (Å²) in [5.41, 5.74) is 6.50. The van der Waals surface area contributed by atoms with E-state index >= 15 is 0 Å². The summed E-state index contributed by atoms with van der Waals surface area (Å²) >= 11 is 0. The molecule has 0 bridgehead atoms. The minimum atomic E-state index is -0.707. The minimum absolute atomic E-state index is 0.360. The molecular weight excluding hydrogens is 266 g/mol. The fraction of sp³-hybridized carbons (Fsp3) is 0.188. The van der Waals surface area contributed by atoms with Crippen molar-refractivity contribution >= 4 is 22.7 Å². The molecule has 2 rings (SSSR count). The number of carbonyl (C=O) groups excluding carboxylic acids is 2. The predicted octanol–water partition coefficient (Wildman–Crippen LogP) is 1.78. The van der Waals surface area contributed by atoms with Gasteiger partial charge >= 0.3 is 0 Å². The van der Waals surface area contributed by atoms with Gasteiger partial charge in [0.05, 0.1) is 11.1 Å². The lowest BCUT2D eigenvalue weighted by molar-refractivity contribution is -0.119. The molecule has 0 saturated carbocycles. The van der Waals surface area contributed by atoms with E-state index in [1.165, 1.54) is 6.20 Å². The molecule has 0 saturated heterocycles. The van der Waals surface area contributed by atoms with Crippen LogP contribution in [0.25, 0.3) is 10.9 Å². The van der Waals surface area contributed by atoms with E-state index in [-0.39, 0.29) is 5.91 Å². The van der Waals surface area contributed by atoms with E-state index in [0.717, 1.165) is 10.9 Å². The molecule has 0 aliphatic rings. The summed E-state index contributed by atoms with van der Waals surface area (Å²) in [6.45, 7) is 3.59. The number of para-hydroxylation sites is 1. The molecular formula is C16H17N3O2. The van der Waals surface area contributed by atoms with Crippen LogP contribution in [0.2, 0.25) is 0 Å². The zero-order valence-electron chi connectivity index (χ0n) is 11.6. The van der Waals surface area contributed by atoms with Gasteiger partial charge in [0.2, 0.25) is 5.91 Å². The van der Waals surface area contributed by atoms with Gasteiger partial charge in [-0.25, -0.2) is 0 Å². The Bertz CT molecular complexity index is 682. The Labute approximate surface area is 122 Å². The Morgan fingerprint density at radius 1 is 1.38 bits per heavy atom. The van der Waals surface area contributed by atoms with Gasteiger partial charge in [-0.3, -0.25) is 14.6 Å². The van der Waals surface area contributed by atoms with Crippen molar-refractivity contribution < 1.29 is 9.59 Å². The molecule has 2 amide bonds. The van der Waals surface area contributed by atoms with E-state index in [2.05, 4.69) is 16.9 Å². The van der Waals surface area contributed by atoms with E-state index in [1.54, 1.807) is 12.1 Å². The van der Waals surface area contributed by atoms with Crippen LogP contribution in [0.15, 0.2) is 49.2 Å². The molecule has 108 valence electrons. The van der Waals surface area contributed by atoms with Crippen molar-refractivity contribution in [2.24, 2.45) is 5.73 Å². The average molecular weight is 283 g/mol. The number of aromatic nitrogens is 1. The summed E-state index contributed by atoms with van der Waals surface area (Å²) in [6.07, 6.45) is 4.21. The van der Waals surface area contributed by atoms with Crippen molar-refractivity contribution in [2.45, 2.75) is 18.9 Å². The van der Waals surface area contributed by atoms with Crippen LogP contribution in [-0.2, 0) is 4.79 Å². The number of benzene rings is 1. The molecule has 2 aromatic rings. The first-order valence-corrected chi connectivity index (χ1v) is 6.67. The van der Waals surface area contributed by atoms with Gasteiger partial charge in [0.25, 0.3) is 5.91 Å². The summed E-state index contributed by atoms with van der Waals surface area (Å²) in [5.74, 6) is -0.917. The molecule has 5 heteroatoms. The molecule has 5 nitrogen and oxygen atoms in total. The molecule has 0 spiro atoms. The minimum Gasteiger partial charge on any atom is -0.368 e. The number of pyridine rings is 1. The maximum absolute atomic E-state index is 12.2.